The number of hydrogen-bond acceptors (Lipinski definition) is 10. The van der Waals surface area contributed by atoms with Crippen LogP contribution in [-0.4, -0.2) is 74.8 Å². The Balaban J connectivity index is 1.70. The van der Waals surface area contributed by atoms with Crippen molar-refractivity contribution < 1.29 is 24.5 Å². The molecule has 0 aliphatic carbocycles. The molecule has 0 radical (unpaired) electrons. The highest BCUT2D eigenvalue weighted by Gasteiger charge is 2.44. The Morgan fingerprint density at radius 3 is 2.84 bits per heavy atom. The van der Waals surface area contributed by atoms with E-state index in [-0.39, 0.29) is 6.04 Å². The molecule has 1 saturated heterocycles. The van der Waals surface area contributed by atoms with E-state index in [2.05, 4.69) is 26.9 Å². The van der Waals surface area contributed by atoms with Crippen LogP contribution >= 0.6 is 0 Å². The number of esters is 1. The number of nitrogens with zero attached hydrogens (tertiary/aromatic N) is 3. The average molecular weight is 437 g/mol. The second kappa shape index (κ2) is 10.3. The molecule has 11 nitrogen and oxygen atoms in total. The number of ether oxygens (including phenoxy) is 2. The van der Waals surface area contributed by atoms with Crippen LogP contribution in [0.3, 0.4) is 0 Å². The van der Waals surface area contributed by atoms with E-state index >= 15 is 0 Å². The molecule has 7 N–H and O–H groups in total. The number of carbonyl (C=O) groups excluding carboxylic acids is 1. The van der Waals surface area contributed by atoms with Crippen LogP contribution in [0, 0.1) is 0 Å². The number of fused-ring (bicyclic) bond motifs is 1. The molecule has 1 aliphatic rings. The van der Waals surface area contributed by atoms with Gasteiger partial charge in [-0.2, -0.15) is 0 Å². The molecule has 2 aromatic rings. The molecule has 0 saturated carbocycles. The normalized spacial score (nSPS) is 25.6. The van der Waals surface area contributed by atoms with Crippen LogP contribution in [0.4, 0.5) is 5.82 Å². The zero-order chi connectivity index (χ0) is 22.5. The van der Waals surface area contributed by atoms with Crippen molar-refractivity contribution in [2.24, 2.45) is 5.73 Å². The minimum absolute atomic E-state index is 0.0550. The lowest BCUT2D eigenvalue weighted by atomic mass is 9.97. The second-order valence-electron chi connectivity index (χ2n) is 7.86. The first kappa shape index (κ1) is 23.4. The number of rotatable bonds is 10. The Morgan fingerprint density at radius 2 is 2.13 bits per heavy atom. The van der Waals surface area contributed by atoms with Crippen molar-refractivity contribution in [2.75, 3.05) is 19.4 Å². The monoisotopic (exact) mass is 436 g/mol. The minimum atomic E-state index is -1.14. The number of methoxy groups -OCH3 is 1. The van der Waals surface area contributed by atoms with Crippen molar-refractivity contribution in [1.29, 1.82) is 0 Å². The van der Waals surface area contributed by atoms with E-state index in [4.69, 9.17) is 16.2 Å². The van der Waals surface area contributed by atoms with Gasteiger partial charge < -0.3 is 41.0 Å². The molecule has 6 atom stereocenters. The van der Waals surface area contributed by atoms with Crippen molar-refractivity contribution in [2.45, 2.75) is 69.2 Å². The van der Waals surface area contributed by atoms with Crippen molar-refractivity contribution in [3.63, 3.8) is 0 Å². The van der Waals surface area contributed by atoms with Crippen LogP contribution < -0.4 is 16.8 Å². The SMILES string of the molecule is CCCN[C@@H](CC[C@H](N)C(=O)OC)C[C@H]1O[C@@H](n2ccc3c(N)ncnc32)C(O)C1O. The minimum Gasteiger partial charge on any atom is -0.468 e. The van der Waals surface area contributed by atoms with Crippen molar-refractivity contribution in [1.82, 2.24) is 19.9 Å². The zero-order valence-corrected chi connectivity index (χ0v) is 17.8. The van der Waals surface area contributed by atoms with Crippen LogP contribution in [0.2, 0.25) is 0 Å². The van der Waals surface area contributed by atoms with Crippen LogP contribution in [-0.2, 0) is 14.3 Å². The van der Waals surface area contributed by atoms with Gasteiger partial charge in [-0.3, -0.25) is 4.79 Å². The largest absolute Gasteiger partial charge is 0.468 e. The fourth-order valence-corrected chi connectivity index (χ4v) is 3.93. The summed E-state index contributed by atoms with van der Waals surface area (Å²) in [5.41, 5.74) is 12.3. The lowest BCUT2D eigenvalue weighted by Gasteiger charge is -2.24. The topological polar surface area (TPSA) is 171 Å². The third-order valence-corrected chi connectivity index (χ3v) is 5.68. The highest BCUT2D eigenvalue weighted by molar-refractivity contribution is 5.86. The number of aliphatic hydroxyl groups is 2. The lowest BCUT2D eigenvalue weighted by Crippen LogP contribution is -2.40. The number of anilines is 1. The number of nitrogens with one attached hydrogen (secondary N) is 1. The van der Waals surface area contributed by atoms with Crippen molar-refractivity contribution in [3.8, 4) is 0 Å². The molecule has 1 fully saturated rings. The molecule has 0 aromatic carbocycles. The molecule has 3 rings (SSSR count). The maximum Gasteiger partial charge on any atom is 0.322 e. The van der Waals surface area contributed by atoms with Gasteiger partial charge in [0, 0.05) is 12.2 Å². The summed E-state index contributed by atoms with van der Waals surface area (Å²) in [5, 5.41) is 25.4. The van der Waals surface area contributed by atoms with Crippen molar-refractivity contribution in [3.05, 3.63) is 18.6 Å². The van der Waals surface area contributed by atoms with Crippen LogP contribution in [0.5, 0.6) is 0 Å². The van der Waals surface area contributed by atoms with Gasteiger partial charge in [0.05, 0.1) is 18.6 Å². The van der Waals surface area contributed by atoms with Crippen molar-refractivity contribution >= 4 is 22.8 Å². The zero-order valence-electron chi connectivity index (χ0n) is 17.8. The summed E-state index contributed by atoms with van der Waals surface area (Å²) in [7, 11) is 1.31. The molecule has 3 heterocycles. The summed E-state index contributed by atoms with van der Waals surface area (Å²) in [5.74, 6) is -0.123. The molecule has 11 heteroatoms. The van der Waals surface area contributed by atoms with Gasteiger partial charge in [-0.25, -0.2) is 9.97 Å². The fourth-order valence-electron chi connectivity index (χ4n) is 3.93. The highest BCUT2D eigenvalue weighted by Crippen LogP contribution is 2.34. The summed E-state index contributed by atoms with van der Waals surface area (Å²) in [6, 6.07) is 0.987. The molecule has 0 amide bonds. The first-order chi connectivity index (χ1) is 14.9. The summed E-state index contributed by atoms with van der Waals surface area (Å²) in [6.07, 6.45) is 1.81. The quantitative estimate of drug-likeness (QED) is 0.311. The molecule has 31 heavy (non-hydrogen) atoms. The lowest BCUT2D eigenvalue weighted by molar-refractivity contribution is -0.142. The van der Waals surface area contributed by atoms with Crippen LogP contribution in [0.1, 0.15) is 38.8 Å². The Labute approximate surface area is 180 Å². The Kier molecular flexibility index (Phi) is 7.79. The smallest absolute Gasteiger partial charge is 0.322 e. The predicted octanol–water partition coefficient (Wildman–Crippen LogP) is -0.328. The van der Waals surface area contributed by atoms with Gasteiger partial charge in [-0.05, 0) is 38.3 Å². The maximum absolute atomic E-state index is 11.6. The van der Waals surface area contributed by atoms with E-state index in [1.165, 1.54) is 13.4 Å². The molecule has 172 valence electrons. The predicted molar refractivity (Wildman–Crippen MR) is 114 cm³/mol. The molecule has 2 unspecified atom stereocenters. The molecule has 0 bridgehead atoms. The average Bonchev–Trinajstić information content (AvgIpc) is 3.32. The maximum atomic E-state index is 11.6. The Hall–Kier alpha value is -2.31. The summed E-state index contributed by atoms with van der Waals surface area (Å²) in [6.45, 7) is 2.82. The molecule has 1 aliphatic heterocycles. The number of hydrogen-bond donors (Lipinski definition) is 5. The van der Waals surface area contributed by atoms with Gasteiger partial charge >= 0.3 is 5.97 Å². The van der Waals surface area contributed by atoms with Crippen LogP contribution in [0.15, 0.2) is 18.6 Å². The summed E-state index contributed by atoms with van der Waals surface area (Å²) in [4.78, 5) is 19.8. The van der Waals surface area contributed by atoms with Gasteiger partial charge in [-0.1, -0.05) is 6.92 Å². The van der Waals surface area contributed by atoms with Gasteiger partial charge in [-0.15, -0.1) is 0 Å². The van der Waals surface area contributed by atoms with E-state index in [0.29, 0.717) is 36.1 Å². The second-order valence-corrected chi connectivity index (χ2v) is 7.86. The molecular formula is C20H32N6O5. The third-order valence-electron chi connectivity index (χ3n) is 5.68. The van der Waals surface area contributed by atoms with Gasteiger partial charge in [0.25, 0.3) is 0 Å². The Bertz CT molecular complexity index is 877. The van der Waals surface area contributed by atoms with E-state index < -0.39 is 36.6 Å². The summed E-state index contributed by atoms with van der Waals surface area (Å²) >= 11 is 0. The highest BCUT2D eigenvalue weighted by atomic mass is 16.6. The molecular weight excluding hydrogens is 404 g/mol. The van der Waals surface area contributed by atoms with Gasteiger partial charge in [0.15, 0.2) is 6.23 Å². The first-order valence-corrected chi connectivity index (χ1v) is 10.5. The molecule has 0 spiro atoms. The molecule has 2 aromatic heterocycles. The number of aliphatic hydroxyl groups excluding tert-OH is 2. The van der Waals surface area contributed by atoms with E-state index in [1.54, 1.807) is 16.8 Å². The van der Waals surface area contributed by atoms with E-state index in [9.17, 15) is 15.0 Å². The van der Waals surface area contributed by atoms with E-state index in [0.717, 1.165) is 13.0 Å². The number of aromatic nitrogens is 3. The fraction of sp³-hybridized carbons (Fsp3) is 0.650. The van der Waals surface area contributed by atoms with E-state index in [1.807, 2.05) is 0 Å². The van der Waals surface area contributed by atoms with Gasteiger partial charge in [0.1, 0.15) is 36.0 Å². The number of carbonyl (C=O) groups is 1. The van der Waals surface area contributed by atoms with Gasteiger partial charge in [0.2, 0.25) is 0 Å². The first-order valence-electron chi connectivity index (χ1n) is 10.5. The number of nitrogens with two attached hydrogens (primary N) is 2. The third kappa shape index (κ3) is 5.13. The Morgan fingerprint density at radius 1 is 1.35 bits per heavy atom. The number of nitrogen functional groups attached to an aromatic ring is 1. The summed E-state index contributed by atoms with van der Waals surface area (Å²) < 4.78 is 12.4. The van der Waals surface area contributed by atoms with Crippen LogP contribution in [0.25, 0.3) is 11.0 Å². The standard InChI is InChI=1S/C20H32N6O5/c1-3-7-23-11(4-5-13(21)20(29)30-2)9-14-15(27)16(28)19(31-14)26-8-6-12-17(22)24-10-25-18(12)26/h6,8,10-11,13-16,19,23,27-28H,3-5,7,9,21H2,1-2H3,(H2,22,24,25)/t11-,13-,14+,15?,16?,19+/m0/s1.